The van der Waals surface area contributed by atoms with Crippen molar-refractivity contribution in [2.75, 3.05) is 31.9 Å². The highest BCUT2D eigenvalue weighted by Gasteiger charge is 2.27. The molecular formula is C22H30N4O2. The molecule has 1 unspecified atom stereocenters. The van der Waals surface area contributed by atoms with Crippen molar-refractivity contribution in [3.8, 4) is 0 Å². The minimum atomic E-state index is -0.00423. The Morgan fingerprint density at radius 1 is 1.04 bits per heavy atom. The summed E-state index contributed by atoms with van der Waals surface area (Å²) in [6.45, 7) is 3.16. The van der Waals surface area contributed by atoms with E-state index in [1.165, 1.54) is 0 Å². The fourth-order valence-corrected chi connectivity index (χ4v) is 4.63. The molecule has 0 radical (unpaired) electrons. The molecule has 0 spiro atoms. The molecule has 3 heterocycles. The summed E-state index contributed by atoms with van der Waals surface area (Å²) in [6.07, 6.45) is 11.1. The van der Waals surface area contributed by atoms with Crippen molar-refractivity contribution in [1.82, 2.24) is 14.8 Å². The number of allylic oxidation sites excluding steroid dienone is 2. The van der Waals surface area contributed by atoms with E-state index in [9.17, 15) is 9.59 Å². The average molecular weight is 383 g/mol. The van der Waals surface area contributed by atoms with E-state index in [2.05, 4.69) is 17.1 Å². The third-order valence-corrected chi connectivity index (χ3v) is 6.39. The maximum atomic E-state index is 12.6. The number of hydrogen-bond donors (Lipinski definition) is 1. The Kier molecular flexibility index (Phi) is 5.64. The summed E-state index contributed by atoms with van der Waals surface area (Å²) < 4.78 is 0. The smallest absolute Gasteiger partial charge is 0.257 e. The molecule has 2 amide bonds. The lowest BCUT2D eigenvalue weighted by Crippen LogP contribution is -2.38. The normalized spacial score (nSPS) is 22.8. The maximum Gasteiger partial charge on any atom is 0.257 e. The van der Waals surface area contributed by atoms with Crippen molar-refractivity contribution in [2.45, 2.75) is 50.9 Å². The number of pyridine rings is 1. The van der Waals surface area contributed by atoms with Gasteiger partial charge < -0.3 is 15.5 Å². The van der Waals surface area contributed by atoms with E-state index in [4.69, 9.17) is 5.73 Å². The highest BCUT2D eigenvalue weighted by Crippen LogP contribution is 2.30. The number of piperidine rings is 1. The number of nitrogen functional groups attached to an aromatic ring is 1. The molecule has 1 atom stereocenters. The van der Waals surface area contributed by atoms with Crippen molar-refractivity contribution in [3.05, 3.63) is 35.5 Å². The van der Waals surface area contributed by atoms with Crippen LogP contribution in [0, 0.1) is 5.92 Å². The van der Waals surface area contributed by atoms with Crippen LogP contribution in [-0.4, -0.2) is 52.8 Å². The summed E-state index contributed by atoms with van der Waals surface area (Å²) in [5.74, 6) is 1.33. The van der Waals surface area contributed by atoms with Crippen LogP contribution in [0.4, 0.5) is 5.82 Å². The van der Waals surface area contributed by atoms with Gasteiger partial charge in [0.2, 0.25) is 5.91 Å². The molecule has 150 valence electrons. The van der Waals surface area contributed by atoms with E-state index in [-0.39, 0.29) is 11.8 Å². The second-order valence-electron chi connectivity index (χ2n) is 8.29. The number of hydrogen-bond acceptors (Lipinski definition) is 4. The molecule has 28 heavy (non-hydrogen) atoms. The van der Waals surface area contributed by atoms with Gasteiger partial charge in [0.15, 0.2) is 0 Å². The van der Waals surface area contributed by atoms with Crippen molar-refractivity contribution in [3.63, 3.8) is 0 Å². The quantitative estimate of drug-likeness (QED) is 0.812. The largest absolute Gasteiger partial charge is 0.383 e. The van der Waals surface area contributed by atoms with E-state index in [1.54, 1.807) is 0 Å². The van der Waals surface area contributed by atoms with Gasteiger partial charge >= 0.3 is 0 Å². The lowest BCUT2D eigenvalue weighted by atomic mass is 9.92. The van der Waals surface area contributed by atoms with Gasteiger partial charge in [0.25, 0.3) is 5.91 Å². The van der Waals surface area contributed by atoms with Gasteiger partial charge in [-0.05, 0) is 56.6 Å². The zero-order valence-electron chi connectivity index (χ0n) is 16.5. The Hall–Kier alpha value is -2.37. The summed E-state index contributed by atoms with van der Waals surface area (Å²) in [6, 6.07) is 3.79. The number of aromatic nitrogens is 1. The molecule has 1 aromatic rings. The molecule has 1 aliphatic carbocycles. The van der Waals surface area contributed by atoms with Gasteiger partial charge in [-0.3, -0.25) is 9.59 Å². The first-order chi connectivity index (χ1) is 13.6. The number of anilines is 1. The lowest BCUT2D eigenvalue weighted by Gasteiger charge is -2.32. The maximum absolute atomic E-state index is 12.6. The average Bonchev–Trinajstić information content (AvgIpc) is 3.42. The van der Waals surface area contributed by atoms with Gasteiger partial charge in [0.05, 0.1) is 5.56 Å². The fourth-order valence-electron chi connectivity index (χ4n) is 4.63. The van der Waals surface area contributed by atoms with Gasteiger partial charge in [-0.25, -0.2) is 4.98 Å². The van der Waals surface area contributed by atoms with Crippen molar-refractivity contribution >= 4 is 17.6 Å². The highest BCUT2D eigenvalue weighted by molar-refractivity contribution is 5.98. The van der Waals surface area contributed by atoms with Gasteiger partial charge in [-0.15, -0.1) is 0 Å². The molecule has 4 rings (SSSR count). The van der Waals surface area contributed by atoms with Crippen LogP contribution >= 0.6 is 0 Å². The summed E-state index contributed by atoms with van der Waals surface area (Å²) in [4.78, 5) is 33.5. The topological polar surface area (TPSA) is 79.5 Å². The van der Waals surface area contributed by atoms with Crippen LogP contribution in [0.1, 0.15) is 66.9 Å². The molecule has 0 aromatic carbocycles. The summed E-state index contributed by atoms with van der Waals surface area (Å²) in [5, 5.41) is 0. The third kappa shape index (κ3) is 4.05. The number of nitrogens with two attached hydrogens (primary N) is 1. The van der Waals surface area contributed by atoms with Gasteiger partial charge in [0, 0.05) is 44.2 Å². The van der Waals surface area contributed by atoms with Crippen molar-refractivity contribution in [2.24, 2.45) is 5.92 Å². The molecule has 1 aromatic heterocycles. The third-order valence-electron chi connectivity index (χ3n) is 6.39. The zero-order valence-corrected chi connectivity index (χ0v) is 16.5. The van der Waals surface area contributed by atoms with E-state index in [0.717, 1.165) is 70.4 Å². The molecule has 2 aliphatic heterocycles. The first-order valence-corrected chi connectivity index (χ1v) is 10.6. The molecule has 2 N–H and O–H groups in total. The summed E-state index contributed by atoms with van der Waals surface area (Å²) in [5.41, 5.74) is 7.60. The van der Waals surface area contributed by atoms with Gasteiger partial charge in [0.1, 0.15) is 5.82 Å². The van der Waals surface area contributed by atoms with Crippen LogP contribution in [0.3, 0.4) is 0 Å². The Morgan fingerprint density at radius 2 is 1.79 bits per heavy atom. The fraction of sp³-hybridized carbons (Fsp3) is 0.591. The Labute approximate surface area is 166 Å². The summed E-state index contributed by atoms with van der Waals surface area (Å²) in [7, 11) is 0. The Morgan fingerprint density at radius 3 is 2.43 bits per heavy atom. The molecule has 3 aliphatic rings. The summed E-state index contributed by atoms with van der Waals surface area (Å²) >= 11 is 0. The second kappa shape index (κ2) is 8.33. The van der Waals surface area contributed by atoms with E-state index < -0.39 is 0 Å². The van der Waals surface area contributed by atoms with Gasteiger partial charge in [-0.2, -0.15) is 0 Å². The minimum Gasteiger partial charge on any atom is -0.383 e. The minimum absolute atomic E-state index is 0.00423. The number of carbonyl (C=O) groups is 2. The van der Waals surface area contributed by atoms with E-state index in [0.29, 0.717) is 29.6 Å². The predicted molar refractivity (Wildman–Crippen MR) is 109 cm³/mol. The molecule has 2 saturated heterocycles. The number of carbonyl (C=O) groups excluding carboxylic acids is 2. The van der Waals surface area contributed by atoms with Crippen LogP contribution in [0.15, 0.2) is 24.3 Å². The lowest BCUT2D eigenvalue weighted by molar-refractivity contribution is -0.132. The van der Waals surface area contributed by atoms with Crippen LogP contribution in [-0.2, 0) is 4.79 Å². The second-order valence-corrected chi connectivity index (χ2v) is 8.29. The Bertz CT molecular complexity index is 762. The molecule has 6 nitrogen and oxygen atoms in total. The number of likely N-dealkylation sites (tertiary alicyclic amines) is 2. The van der Waals surface area contributed by atoms with Crippen LogP contribution in [0.5, 0.6) is 0 Å². The molecule has 6 heteroatoms. The highest BCUT2D eigenvalue weighted by atomic mass is 16.2. The number of nitrogens with zero attached hydrogens (tertiary/aromatic N) is 3. The molecule has 0 bridgehead atoms. The SMILES string of the molecule is Nc1nc(C2CCN(C(=O)CC3C=CCC3)CC2)ccc1C(=O)N1CCCC1. The van der Waals surface area contributed by atoms with Crippen molar-refractivity contribution < 1.29 is 9.59 Å². The van der Waals surface area contributed by atoms with Crippen LogP contribution in [0.25, 0.3) is 0 Å². The number of rotatable bonds is 4. The molecule has 0 saturated carbocycles. The van der Waals surface area contributed by atoms with Crippen molar-refractivity contribution in [1.29, 1.82) is 0 Å². The Balaban J connectivity index is 1.34. The number of amides is 2. The van der Waals surface area contributed by atoms with Gasteiger partial charge in [-0.1, -0.05) is 12.2 Å². The molecule has 2 fully saturated rings. The predicted octanol–water partition coefficient (Wildman–Crippen LogP) is 2.96. The molecular weight excluding hydrogens is 352 g/mol. The standard InChI is InChI=1S/C22H30N4O2/c23-21-18(22(28)26-11-3-4-12-26)7-8-19(24-21)17-9-13-25(14-10-17)20(27)15-16-5-1-2-6-16/h1,5,7-8,16-17H,2-4,6,9-15H2,(H2,23,24). The zero-order chi connectivity index (χ0) is 19.5. The van der Waals surface area contributed by atoms with E-state index in [1.807, 2.05) is 21.9 Å². The first kappa shape index (κ1) is 19.0. The first-order valence-electron chi connectivity index (χ1n) is 10.6. The van der Waals surface area contributed by atoms with E-state index >= 15 is 0 Å². The monoisotopic (exact) mass is 382 g/mol. The van der Waals surface area contributed by atoms with Crippen LogP contribution < -0.4 is 5.73 Å². The van der Waals surface area contributed by atoms with Crippen LogP contribution in [0.2, 0.25) is 0 Å².